The van der Waals surface area contributed by atoms with Crippen LogP contribution in [0.25, 0.3) is 10.9 Å². The second kappa shape index (κ2) is 11.6. The van der Waals surface area contributed by atoms with Crippen LogP contribution in [0.4, 0.5) is 0 Å². The number of Topliss-reactive ketones (excluding diaryl/α,β-unsaturated/α-hetero) is 1. The van der Waals surface area contributed by atoms with Crippen molar-refractivity contribution < 1.29 is 4.79 Å². The summed E-state index contributed by atoms with van der Waals surface area (Å²) < 4.78 is 0. The number of carbonyl (C=O) groups excluding carboxylic acids is 1. The van der Waals surface area contributed by atoms with Crippen LogP contribution in [0.2, 0.25) is 10.0 Å². The van der Waals surface area contributed by atoms with Crippen molar-refractivity contribution in [1.82, 2.24) is 14.8 Å². The number of fused-ring (bicyclic) bond motifs is 1. The first-order valence-corrected chi connectivity index (χ1v) is 14.0. The minimum atomic E-state index is 0.252. The number of aromatic nitrogens is 1. The lowest BCUT2D eigenvalue weighted by Crippen LogP contribution is -2.52. The average Bonchev–Trinajstić information content (AvgIpc) is 2.89. The van der Waals surface area contributed by atoms with E-state index in [1.54, 1.807) is 6.20 Å². The summed E-state index contributed by atoms with van der Waals surface area (Å²) in [6.07, 6.45) is 7.05. The van der Waals surface area contributed by atoms with Crippen LogP contribution >= 0.6 is 23.2 Å². The molecule has 2 aliphatic heterocycles. The van der Waals surface area contributed by atoms with Gasteiger partial charge in [-0.25, -0.2) is 0 Å². The third-order valence-electron chi connectivity index (χ3n) is 8.06. The fraction of sp³-hybridized carbons (Fsp3) is 0.467. The topological polar surface area (TPSA) is 36.4 Å². The molecule has 0 amide bonds. The number of nitrogens with zero attached hydrogens (tertiary/aromatic N) is 3. The molecule has 2 fully saturated rings. The Balaban J connectivity index is 1.12. The molecule has 5 rings (SSSR count). The molecule has 3 heterocycles. The average molecular weight is 525 g/mol. The monoisotopic (exact) mass is 523 g/mol. The summed E-state index contributed by atoms with van der Waals surface area (Å²) in [5.41, 5.74) is 2.97. The summed E-state index contributed by atoms with van der Waals surface area (Å²) in [6, 6.07) is 16.4. The maximum atomic E-state index is 12.9. The maximum Gasteiger partial charge on any atom is 0.162 e. The molecule has 4 nitrogen and oxygen atoms in total. The number of carbonyl (C=O) groups is 1. The first-order valence-electron chi connectivity index (χ1n) is 13.2. The van der Waals surface area contributed by atoms with Gasteiger partial charge in [0.15, 0.2) is 5.78 Å². The molecule has 1 aromatic heterocycles. The Morgan fingerprint density at radius 2 is 1.92 bits per heavy atom. The zero-order valence-electron chi connectivity index (χ0n) is 21.0. The Morgan fingerprint density at radius 1 is 1.03 bits per heavy atom. The fourth-order valence-electron chi connectivity index (χ4n) is 6.16. The van der Waals surface area contributed by atoms with E-state index in [2.05, 4.69) is 27.8 Å². The number of halogens is 2. The van der Waals surface area contributed by atoms with Crippen molar-refractivity contribution in [3.05, 3.63) is 75.9 Å². The summed E-state index contributed by atoms with van der Waals surface area (Å²) in [4.78, 5) is 22.6. The van der Waals surface area contributed by atoms with E-state index in [1.807, 2.05) is 42.5 Å². The van der Waals surface area contributed by atoms with Gasteiger partial charge in [-0.15, -0.1) is 0 Å². The molecule has 3 aromatic rings. The first kappa shape index (κ1) is 25.7. The van der Waals surface area contributed by atoms with Crippen LogP contribution in [0.5, 0.6) is 0 Å². The van der Waals surface area contributed by atoms with Gasteiger partial charge in [0.2, 0.25) is 0 Å². The van der Waals surface area contributed by atoms with E-state index in [-0.39, 0.29) is 5.78 Å². The molecule has 2 saturated heterocycles. The highest BCUT2D eigenvalue weighted by molar-refractivity contribution is 6.42. The van der Waals surface area contributed by atoms with Gasteiger partial charge in [0, 0.05) is 49.2 Å². The van der Waals surface area contributed by atoms with Crippen molar-refractivity contribution in [3.8, 4) is 0 Å². The van der Waals surface area contributed by atoms with Crippen LogP contribution in [0.3, 0.4) is 0 Å². The predicted octanol–water partition coefficient (Wildman–Crippen LogP) is 7.13. The second-order valence-electron chi connectivity index (χ2n) is 10.7. The summed E-state index contributed by atoms with van der Waals surface area (Å²) in [5, 5.41) is 2.28. The molecule has 3 atom stereocenters. The second-order valence-corrected chi connectivity index (χ2v) is 11.5. The van der Waals surface area contributed by atoms with Crippen molar-refractivity contribution in [1.29, 1.82) is 0 Å². The quantitative estimate of drug-likeness (QED) is 0.308. The van der Waals surface area contributed by atoms with Crippen LogP contribution in [0, 0.1) is 11.8 Å². The molecule has 0 saturated carbocycles. The van der Waals surface area contributed by atoms with E-state index in [9.17, 15) is 4.79 Å². The summed E-state index contributed by atoms with van der Waals surface area (Å²) in [7, 11) is 0. The fourth-order valence-corrected chi connectivity index (χ4v) is 6.49. The summed E-state index contributed by atoms with van der Waals surface area (Å²) in [5.74, 6) is 1.47. The first-order chi connectivity index (χ1) is 17.5. The van der Waals surface area contributed by atoms with Crippen LogP contribution < -0.4 is 0 Å². The minimum Gasteiger partial charge on any atom is -0.300 e. The van der Waals surface area contributed by atoms with Gasteiger partial charge in [-0.3, -0.25) is 19.6 Å². The lowest BCUT2D eigenvalue weighted by Gasteiger charge is -2.45. The Labute approximate surface area is 224 Å². The molecule has 3 unspecified atom stereocenters. The minimum absolute atomic E-state index is 0.252. The van der Waals surface area contributed by atoms with E-state index >= 15 is 0 Å². The molecule has 0 N–H and O–H groups in total. The molecule has 2 aliphatic rings. The van der Waals surface area contributed by atoms with Crippen LogP contribution in [-0.2, 0) is 6.54 Å². The Kier molecular flexibility index (Phi) is 8.27. The summed E-state index contributed by atoms with van der Waals surface area (Å²) >= 11 is 12.3. The molecule has 0 aliphatic carbocycles. The number of piperidine rings is 2. The third-order valence-corrected chi connectivity index (χ3v) is 8.80. The summed E-state index contributed by atoms with van der Waals surface area (Å²) in [6.45, 7) is 7.82. The maximum absolute atomic E-state index is 12.9. The zero-order chi connectivity index (χ0) is 25.1. The standard InChI is InChI=1S/C30H35Cl2N3O/c1-21-18-34(19-23-6-9-26(31)27(32)16-23)15-12-29(21)35-14-3-4-22(20-35)7-11-30(36)25-8-10-28-24(17-25)5-2-13-33-28/h2,5-6,8-10,13,16-17,21-22,29H,3-4,7,11-12,14-15,18-20H2,1H3. The van der Waals surface area contributed by atoms with Crippen LogP contribution in [-0.4, -0.2) is 52.8 Å². The van der Waals surface area contributed by atoms with E-state index in [0.717, 1.165) is 49.1 Å². The molecular formula is C30H35Cl2N3O. The molecule has 6 heteroatoms. The molecule has 0 spiro atoms. The van der Waals surface area contributed by atoms with E-state index in [0.29, 0.717) is 34.3 Å². The number of benzene rings is 2. The number of ketones is 1. The van der Waals surface area contributed by atoms with Gasteiger partial charge in [0.25, 0.3) is 0 Å². The van der Waals surface area contributed by atoms with Gasteiger partial charge in [0.05, 0.1) is 15.6 Å². The van der Waals surface area contributed by atoms with Crippen molar-refractivity contribution in [2.45, 2.75) is 51.6 Å². The number of hydrogen-bond acceptors (Lipinski definition) is 4. The SMILES string of the molecule is CC1CN(Cc2ccc(Cl)c(Cl)c2)CCC1N1CCCC(CCC(=O)c2ccc3ncccc3c2)C1. The Morgan fingerprint density at radius 3 is 2.75 bits per heavy atom. The lowest BCUT2D eigenvalue weighted by atomic mass is 9.86. The highest BCUT2D eigenvalue weighted by atomic mass is 35.5. The molecule has 0 bridgehead atoms. The highest BCUT2D eigenvalue weighted by Gasteiger charge is 2.33. The Bertz CT molecular complexity index is 1220. The smallest absolute Gasteiger partial charge is 0.162 e. The van der Waals surface area contributed by atoms with Crippen LogP contribution in [0.1, 0.15) is 54.9 Å². The van der Waals surface area contributed by atoms with Gasteiger partial charge < -0.3 is 0 Å². The van der Waals surface area contributed by atoms with Crippen molar-refractivity contribution in [3.63, 3.8) is 0 Å². The number of hydrogen-bond donors (Lipinski definition) is 0. The van der Waals surface area contributed by atoms with Gasteiger partial charge >= 0.3 is 0 Å². The molecule has 190 valence electrons. The number of likely N-dealkylation sites (tertiary alicyclic amines) is 2. The van der Waals surface area contributed by atoms with E-state index in [4.69, 9.17) is 23.2 Å². The Hall–Kier alpha value is -1.98. The molecular weight excluding hydrogens is 489 g/mol. The van der Waals surface area contributed by atoms with E-state index < -0.39 is 0 Å². The third kappa shape index (κ3) is 6.11. The van der Waals surface area contributed by atoms with Gasteiger partial charge in [-0.05, 0) is 92.6 Å². The normalized spacial score (nSPS) is 23.7. The highest BCUT2D eigenvalue weighted by Crippen LogP contribution is 2.30. The van der Waals surface area contributed by atoms with Crippen molar-refractivity contribution in [2.75, 3.05) is 26.2 Å². The van der Waals surface area contributed by atoms with Crippen molar-refractivity contribution >= 4 is 39.9 Å². The predicted molar refractivity (Wildman–Crippen MR) is 149 cm³/mol. The molecule has 2 aromatic carbocycles. The largest absolute Gasteiger partial charge is 0.300 e. The van der Waals surface area contributed by atoms with Crippen molar-refractivity contribution in [2.24, 2.45) is 11.8 Å². The lowest BCUT2D eigenvalue weighted by molar-refractivity contribution is 0.0321. The van der Waals surface area contributed by atoms with Crippen LogP contribution in [0.15, 0.2) is 54.7 Å². The van der Waals surface area contributed by atoms with E-state index in [1.165, 1.54) is 31.4 Å². The number of rotatable bonds is 7. The van der Waals surface area contributed by atoms with Gasteiger partial charge in [-0.1, -0.05) is 42.3 Å². The zero-order valence-corrected chi connectivity index (χ0v) is 22.5. The number of pyridine rings is 1. The van der Waals surface area contributed by atoms with Gasteiger partial charge in [-0.2, -0.15) is 0 Å². The molecule has 36 heavy (non-hydrogen) atoms. The molecule has 0 radical (unpaired) electrons. The van der Waals surface area contributed by atoms with Gasteiger partial charge in [0.1, 0.15) is 0 Å².